The van der Waals surface area contributed by atoms with Gasteiger partial charge in [-0.25, -0.2) is 0 Å². The Balaban J connectivity index is 2.07. The summed E-state index contributed by atoms with van der Waals surface area (Å²) in [5, 5.41) is 16.3. The number of anilines is 1. The lowest BCUT2D eigenvalue weighted by molar-refractivity contribution is -0.383. The van der Waals surface area contributed by atoms with Gasteiger partial charge in [0.15, 0.2) is 0 Å². The molecule has 1 atom stereocenters. The second-order valence-electron chi connectivity index (χ2n) is 5.77. The van der Waals surface area contributed by atoms with Crippen LogP contribution >= 0.6 is 0 Å². The van der Waals surface area contributed by atoms with Gasteiger partial charge >= 0.3 is 0 Å². The number of piperazine rings is 1. The van der Waals surface area contributed by atoms with Crippen LogP contribution in [0.25, 0.3) is 0 Å². The van der Waals surface area contributed by atoms with Crippen molar-refractivity contribution in [2.45, 2.75) is 19.9 Å². The van der Waals surface area contributed by atoms with Gasteiger partial charge in [-0.1, -0.05) is 26.0 Å². The van der Waals surface area contributed by atoms with Crippen LogP contribution in [0.4, 0.5) is 11.4 Å². The van der Waals surface area contributed by atoms with Crippen LogP contribution in [-0.2, 0) is 9.59 Å². The lowest BCUT2D eigenvalue weighted by Crippen LogP contribution is -2.58. The molecule has 1 fully saturated rings. The number of nitrogens with zero attached hydrogens (tertiary/aromatic N) is 2. The van der Waals surface area contributed by atoms with Gasteiger partial charge in [0.1, 0.15) is 5.69 Å². The molecular weight excluding hydrogens is 300 g/mol. The molecule has 1 aliphatic rings. The van der Waals surface area contributed by atoms with Crippen molar-refractivity contribution in [3.63, 3.8) is 0 Å². The number of nitrogens with one attached hydrogen (secondary N) is 2. The summed E-state index contributed by atoms with van der Waals surface area (Å²) >= 11 is 0. The minimum Gasteiger partial charge on any atom is -0.353 e. The third kappa shape index (κ3) is 4.04. The van der Waals surface area contributed by atoms with E-state index in [0.717, 1.165) is 0 Å². The number of para-hydroxylation sites is 2. The van der Waals surface area contributed by atoms with Crippen molar-refractivity contribution in [1.82, 2.24) is 10.2 Å². The molecule has 2 N–H and O–H groups in total. The molecular formula is C15H20N4O4. The fourth-order valence-corrected chi connectivity index (χ4v) is 2.75. The van der Waals surface area contributed by atoms with Crippen LogP contribution in [0.15, 0.2) is 24.3 Å². The SMILES string of the molecule is CC(C)[C@H]1C(=O)NCCN1CC(=O)Nc1ccccc1[N+](=O)[O-]. The Morgan fingerprint density at radius 2 is 2.17 bits per heavy atom. The molecule has 8 nitrogen and oxygen atoms in total. The van der Waals surface area contributed by atoms with Crippen molar-refractivity contribution in [1.29, 1.82) is 0 Å². The number of amides is 2. The largest absolute Gasteiger partial charge is 0.353 e. The maximum Gasteiger partial charge on any atom is 0.292 e. The molecule has 0 aromatic heterocycles. The maximum absolute atomic E-state index is 12.2. The van der Waals surface area contributed by atoms with Gasteiger partial charge in [-0.2, -0.15) is 0 Å². The number of hydrogen-bond acceptors (Lipinski definition) is 5. The summed E-state index contributed by atoms with van der Waals surface area (Å²) in [5.74, 6) is -0.404. The van der Waals surface area contributed by atoms with E-state index in [1.165, 1.54) is 18.2 Å². The molecule has 2 rings (SSSR count). The van der Waals surface area contributed by atoms with Gasteiger partial charge in [-0.15, -0.1) is 0 Å². The van der Waals surface area contributed by atoms with Crippen LogP contribution in [0.3, 0.4) is 0 Å². The Hall–Kier alpha value is -2.48. The second kappa shape index (κ2) is 7.19. The molecule has 1 heterocycles. The fourth-order valence-electron chi connectivity index (χ4n) is 2.75. The summed E-state index contributed by atoms with van der Waals surface area (Å²) in [7, 11) is 0. The predicted octanol–water partition coefficient (Wildman–Crippen LogP) is 0.990. The molecule has 0 unspecified atom stereocenters. The monoisotopic (exact) mass is 320 g/mol. The van der Waals surface area contributed by atoms with Gasteiger partial charge in [0.25, 0.3) is 5.69 Å². The molecule has 124 valence electrons. The van der Waals surface area contributed by atoms with E-state index in [0.29, 0.717) is 13.1 Å². The number of benzene rings is 1. The van der Waals surface area contributed by atoms with Crippen LogP contribution in [-0.4, -0.2) is 47.3 Å². The van der Waals surface area contributed by atoms with Crippen LogP contribution in [0.5, 0.6) is 0 Å². The predicted molar refractivity (Wildman–Crippen MR) is 84.9 cm³/mol. The summed E-state index contributed by atoms with van der Waals surface area (Å²) in [4.78, 5) is 36.4. The van der Waals surface area contributed by atoms with Crippen LogP contribution < -0.4 is 10.6 Å². The Morgan fingerprint density at radius 3 is 2.83 bits per heavy atom. The van der Waals surface area contributed by atoms with E-state index in [1.54, 1.807) is 11.0 Å². The number of nitro groups is 1. The molecule has 0 bridgehead atoms. The molecule has 1 aromatic rings. The highest BCUT2D eigenvalue weighted by Gasteiger charge is 2.33. The Kier molecular flexibility index (Phi) is 5.28. The molecule has 0 spiro atoms. The van der Waals surface area contributed by atoms with E-state index >= 15 is 0 Å². The normalized spacial score (nSPS) is 18.6. The Bertz CT molecular complexity index is 617. The highest BCUT2D eigenvalue weighted by atomic mass is 16.6. The number of nitro benzene ring substituents is 1. The van der Waals surface area contributed by atoms with Crippen LogP contribution in [0.2, 0.25) is 0 Å². The van der Waals surface area contributed by atoms with E-state index in [-0.39, 0.29) is 41.7 Å². The lowest BCUT2D eigenvalue weighted by Gasteiger charge is -2.36. The zero-order chi connectivity index (χ0) is 17.0. The molecule has 0 aliphatic carbocycles. The fraction of sp³-hybridized carbons (Fsp3) is 0.467. The summed E-state index contributed by atoms with van der Waals surface area (Å²) in [6.07, 6.45) is 0. The first-order valence-corrected chi connectivity index (χ1v) is 7.45. The van der Waals surface area contributed by atoms with Crippen molar-refractivity contribution in [3.8, 4) is 0 Å². The molecule has 23 heavy (non-hydrogen) atoms. The van der Waals surface area contributed by atoms with Crippen molar-refractivity contribution in [2.24, 2.45) is 5.92 Å². The quantitative estimate of drug-likeness (QED) is 0.622. The topological polar surface area (TPSA) is 105 Å². The molecule has 2 amide bonds. The van der Waals surface area contributed by atoms with Gasteiger partial charge in [0.05, 0.1) is 17.5 Å². The first-order chi connectivity index (χ1) is 10.9. The van der Waals surface area contributed by atoms with Gasteiger partial charge in [-0.3, -0.25) is 24.6 Å². The first kappa shape index (κ1) is 16.9. The average molecular weight is 320 g/mol. The summed E-state index contributed by atoms with van der Waals surface area (Å²) in [5.41, 5.74) is 0.00250. The lowest BCUT2D eigenvalue weighted by atomic mass is 9.99. The molecule has 8 heteroatoms. The third-order valence-electron chi connectivity index (χ3n) is 3.71. The highest BCUT2D eigenvalue weighted by Crippen LogP contribution is 2.23. The second-order valence-corrected chi connectivity index (χ2v) is 5.77. The van der Waals surface area contributed by atoms with E-state index < -0.39 is 4.92 Å². The molecule has 0 radical (unpaired) electrons. The van der Waals surface area contributed by atoms with Gasteiger partial charge in [0, 0.05) is 19.2 Å². The minimum absolute atomic E-state index is 0.0162. The first-order valence-electron chi connectivity index (χ1n) is 7.45. The standard InChI is InChI=1S/C15H20N4O4/c1-10(2)14-15(21)16-7-8-18(14)9-13(20)17-11-5-3-4-6-12(11)19(22)23/h3-6,10,14H,7-9H2,1-2H3,(H,16,21)(H,17,20)/t14-/m0/s1. The summed E-state index contributed by atoms with van der Waals surface area (Å²) in [6.45, 7) is 4.91. The molecule has 1 aliphatic heterocycles. The van der Waals surface area contributed by atoms with Crippen molar-refractivity contribution < 1.29 is 14.5 Å². The van der Waals surface area contributed by atoms with E-state index in [9.17, 15) is 19.7 Å². The van der Waals surface area contributed by atoms with Gasteiger partial charge in [0.2, 0.25) is 11.8 Å². The van der Waals surface area contributed by atoms with E-state index in [1.807, 2.05) is 13.8 Å². The van der Waals surface area contributed by atoms with Crippen molar-refractivity contribution in [2.75, 3.05) is 25.0 Å². The average Bonchev–Trinajstić information content (AvgIpc) is 2.47. The summed E-state index contributed by atoms with van der Waals surface area (Å²) in [6, 6.07) is 5.60. The van der Waals surface area contributed by atoms with E-state index in [2.05, 4.69) is 10.6 Å². The van der Waals surface area contributed by atoms with Gasteiger partial charge < -0.3 is 10.6 Å². The highest BCUT2D eigenvalue weighted by molar-refractivity contribution is 5.95. The molecule has 1 saturated heterocycles. The third-order valence-corrected chi connectivity index (χ3v) is 3.71. The van der Waals surface area contributed by atoms with Gasteiger partial charge in [-0.05, 0) is 12.0 Å². The Labute approximate surface area is 134 Å². The van der Waals surface area contributed by atoms with Crippen molar-refractivity contribution in [3.05, 3.63) is 34.4 Å². The number of carbonyl (C=O) groups is 2. The molecule has 1 aromatic carbocycles. The maximum atomic E-state index is 12.2. The minimum atomic E-state index is -0.541. The Morgan fingerprint density at radius 1 is 1.48 bits per heavy atom. The van der Waals surface area contributed by atoms with E-state index in [4.69, 9.17) is 0 Å². The smallest absolute Gasteiger partial charge is 0.292 e. The zero-order valence-corrected chi connectivity index (χ0v) is 13.1. The number of rotatable bonds is 5. The van der Waals surface area contributed by atoms with Crippen LogP contribution in [0, 0.1) is 16.0 Å². The number of carbonyl (C=O) groups excluding carboxylic acids is 2. The zero-order valence-electron chi connectivity index (χ0n) is 13.1. The number of hydrogen-bond donors (Lipinski definition) is 2. The van der Waals surface area contributed by atoms with Crippen LogP contribution in [0.1, 0.15) is 13.8 Å². The molecule has 0 saturated carbocycles. The van der Waals surface area contributed by atoms with Crippen molar-refractivity contribution >= 4 is 23.2 Å². The summed E-state index contributed by atoms with van der Waals surface area (Å²) < 4.78 is 0.